The van der Waals surface area contributed by atoms with E-state index in [0.717, 1.165) is 40.8 Å². The van der Waals surface area contributed by atoms with Gasteiger partial charge in [0.2, 0.25) is 0 Å². The number of aromatic amines is 1. The largest absolute Gasteiger partial charge is 0.493 e. The average Bonchev–Trinajstić information content (AvgIpc) is 3.10. The Morgan fingerprint density at radius 3 is 2.87 bits per heavy atom. The zero-order valence-electron chi connectivity index (χ0n) is 18.2. The number of H-pyrrole nitrogens is 1. The summed E-state index contributed by atoms with van der Waals surface area (Å²) in [7, 11) is 5.31. The Morgan fingerprint density at radius 1 is 1.33 bits per heavy atom. The second kappa shape index (κ2) is 8.40. The van der Waals surface area contributed by atoms with E-state index < -0.39 is 0 Å². The molecule has 0 unspecified atom stereocenters. The molecule has 0 saturated heterocycles. The first-order chi connectivity index (χ1) is 14.4. The van der Waals surface area contributed by atoms with Gasteiger partial charge in [0, 0.05) is 17.0 Å². The molecule has 0 amide bonds. The molecule has 1 N–H and O–H groups in total. The average molecular weight is 428 g/mol. The molecule has 0 bridgehead atoms. The van der Waals surface area contributed by atoms with Crippen LogP contribution in [0.15, 0.2) is 23.0 Å². The van der Waals surface area contributed by atoms with Crippen LogP contribution in [-0.2, 0) is 19.4 Å². The minimum Gasteiger partial charge on any atom is -0.493 e. The van der Waals surface area contributed by atoms with Crippen LogP contribution in [0.25, 0.3) is 10.2 Å². The Labute approximate surface area is 180 Å². The SMILES string of the molecule is COc1cccc(CN(C)[C@@H](C)c2nc3sc4c(c3c(=O)[nH]2)CC[C@H](C)C4)c1OC. The van der Waals surface area contributed by atoms with Crippen molar-refractivity contribution >= 4 is 21.6 Å². The Morgan fingerprint density at radius 2 is 2.13 bits per heavy atom. The molecule has 0 fully saturated rings. The molecular formula is C23H29N3O3S. The number of hydrogen-bond donors (Lipinski definition) is 1. The number of nitrogens with one attached hydrogen (secondary N) is 1. The normalized spacial score (nSPS) is 17.2. The highest BCUT2D eigenvalue weighted by Gasteiger charge is 2.25. The maximum atomic E-state index is 12.9. The van der Waals surface area contributed by atoms with Crippen LogP contribution >= 0.6 is 11.3 Å². The lowest BCUT2D eigenvalue weighted by molar-refractivity contribution is 0.239. The van der Waals surface area contributed by atoms with Crippen LogP contribution in [0.3, 0.4) is 0 Å². The van der Waals surface area contributed by atoms with Crippen molar-refractivity contribution < 1.29 is 9.47 Å². The first-order valence-corrected chi connectivity index (χ1v) is 11.2. The van der Waals surface area contributed by atoms with Crippen LogP contribution in [0.5, 0.6) is 11.5 Å². The van der Waals surface area contributed by atoms with Crippen LogP contribution < -0.4 is 15.0 Å². The Bertz CT molecular complexity index is 1120. The quantitative estimate of drug-likeness (QED) is 0.635. The summed E-state index contributed by atoms with van der Waals surface area (Å²) in [4.78, 5) is 25.2. The van der Waals surface area contributed by atoms with Crippen LogP contribution in [0.4, 0.5) is 0 Å². The second-order valence-electron chi connectivity index (χ2n) is 8.23. The van der Waals surface area contributed by atoms with Gasteiger partial charge in [-0.3, -0.25) is 9.69 Å². The molecule has 0 radical (unpaired) electrons. The van der Waals surface area contributed by atoms with Crippen LogP contribution in [0.2, 0.25) is 0 Å². The van der Waals surface area contributed by atoms with Crippen molar-refractivity contribution in [2.24, 2.45) is 5.92 Å². The third-order valence-corrected chi connectivity index (χ3v) is 7.29. The lowest BCUT2D eigenvalue weighted by Crippen LogP contribution is -2.26. The van der Waals surface area contributed by atoms with Crippen LogP contribution in [0.1, 0.15) is 48.1 Å². The van der Waals surface area contributed by atoms with Crippen molar-refractivity contribution in [1.82, 2.24) is 14.9 Å². The minimum atomic E-state index is -0.0592. The van der Waals surface area contributed by atoms with E-state index in [4.69, 9.17) is 14.5 Å². The number of fused-ring (bicyclic) bond motifs is 3. The van der Waals surface area contributed by atoms with Gasteiger partial charge >= 0.3 is 0 Å². The van der Waals surface area contributed by atoms with Gasteiger partial charge in [-0.15, -0.1) is 11.3 Å². The predicted octanol–water partition coefficient (Wildman–Crippen LogP) is 4.32. The summed E-state index contributed by atoms with van der Waals surface area (Å²) in [6, 6.07) is 5.81. The molecule has 2 heterocycles. The maximum Gasteiger partial charge on any atom is 0.259 e. The third-order valence-electron chi connectivity index (χ3n) is 6.14. The molecule has 3 aromatic rings. The summed E-state index contributed by atoms with van der Waals surface area (Å²) in [5.74, 6) is 2.81. The van der Waals surface area contributed by atoms with Gasteiger partial charge in [-0.25, -0.2) is 4.98 Å². The van der Waals surface area contributed by atoms with Crippen molar-refractivity contribution in [3.63, 3.8) is 0 Å². The number of nitrogens with zero attached hydrogens (tertiary/aromatic N) is 2. The maximum absolute atomic E-state index is 12.9. The molecule has 0 spiro atoms. The van der Waals surface area contributed by atoms with E-state index in [1.54, 1.807) is 25.6 Å². The summed E-state index contributed by atoms with van der Waals surface area (Å²) in [5, 5.41) is 0.801. The number of hydrogen-bond acceptors (Lipinski definition) is 6. The molecule has 30 heavy (non-hydrogen) atoms. The standard InChI is InChI=1S/C23H29N3O3S/c1-13-9-10-16-18(11-13)30-23-19(16)22(27)24-21(25-23)14(2)26(3)12-15-7-6-8-17(28-4)20(15)29-5/h6-8,13-14H,9-12H2,1-5H3,(H,24,25,27)/t13-,14-/m0/s1. The van der Waals surface area contributed by atoms with Crippen molar-refractivity contribution in [2.45, 2.75) is 45.7 Å². The molecule has 1 aliphatic rings. The van der Waals surface area contributed by atoms with Gasteiger partial charge in [-0.1, -0.05) is 19.1 Å². The fourth-order valence-corrected chi connectivity index (χ4v) is 5.65. The number of methoxy groups -OCH3 is 2. The fourth-order valence-electron chi connectivity index (χ4n) is 4.26. The topological polar surface area (TPSA) is 67.5 Å². The Balaban J connectivity index is 1.63. The summed E-state index contributed by atoms with van der Waals surface area (Å²) in [6.45, 7) is 4.98. The Hall–Kier alpha value is -2.38. The third kappa shape index (κ3) is 3.72. The van der Waals surface area contributed by atoms with Gasteiger partial charge in [0.1, 0.15) is 10.7 Å². The van der Waals surface area contributed by atoms with E-state index in [-0.39, 0.29) is 11.6 Å². The zero-order valence-corrected chi connectivity index (χ0v) is 19.1. The zero-order chi connectivity index (χ0) is 21.4. The molecule has 160 valence electrons. The van der Waals surface area contributed by atoms with Crippen LogP contribution in [0, 0.1) is 5.92 Å². The second-order valence-corrected chi connectivity index (χ2v) is 9.31. The molecule has 0 saturated carbocycles. The molecule has 7 heteroatoms. The molecule has 2 atom stereocenters. The van der Waals surface area contributed by atoms with E-state index in [0.29, 0.717) is 24.0 Å². The van der Waals surface area contributed by atoms with E-state index in [1.165, 1.54) is 10.4 Å². The number of para-hydroxylation sites is 1. The highest BCUT2D eigenvalue weighted by molar-refractivity contribution is 7.18. The molecule has 6 nitrogen and oxygen atoms in total. The molecule has 1 aromatic carbocycles. The number of aromatic nitrogens is 2. The van der Waals surface area contributed by atoms with Gasteiger partial charge in [0.25, 0.3) is 5.56 Å². The lowest BCUT2D eigenvalue weighted by atomic mass is 9.89. The number of aryl methyl sites for hydroxylation is 1. The molecule has 0 aliphatic heterocycles. The van der Waals surface area contributed by atoms with Crippen molar-refractivity contribution in [2.75, 3.05) is 21.3 Å². The van der Waals surface area contributed by atoms with E-state index in [2.05, 4.69) is 23.7 Å². The lowest BCUT2D eigenvalue weighted by Gasteiger charge is -2.25. The first-order valence-electron chi connectivity index (χ1n) is 10.4. The summed E-state index contributed by atoms with van der Waals surface area (Å²) < 4.78 is 11.0. The number of rotatable bonds is 6. The molecular weight excluding hydrogens is 398 g/mol. The van der Waals surface area contributed by atoms with E-state index >= 15 is 0 Å². The van der Waals surface area contributed by atoms with Gasteiger partial charge in [0.05, 0.1) is 25.6 Å². The number of thiophene rings is 1. The minimum absolute atomic E-state index is 0.0127. The monoisotopic (exact) mass is 427 g/mol. The Kier molecular flexibility index (Phi) is 5.84. The molecule has 1 aliphatic carbocycles. The van der Waals surface area contributed by atoms with Gasteiger partial charge in [0.15, 0.2) is 11.5 Å². The fraction of sp³-hybridized carbons (Fsp3) is 0.478. The summed E-state index contributed by atoms with van der Waals surface area (Å²) in [6.07, 6.45) is 3.17. The van der Waals surface area contributed by atoms with E-state index in [9.17, 15) is 4.79 Å². The molecule has 2 aromatic heterocycles. The number of ether oxygens (including phenoxy) is 2. The van der Waals surface area contributed by atoms with Gasteiger partial charge in [-0.2, -0.15) is 0 Å². The smallest absolute Gasteiger partial charge is 0.259 e. The van der Waals surface area contributed by atoms with Crippen molar-refractivity contribution in [3.05, 3.63) is 50.4 Å². The van der Waals surface area contributed by atoms with E-state index in [1.807, 2.05) is 25.2 Å². The highest BCUT2D eigenvalue weighted by atomic mass is 32.1. The van der Waals surface area contributed by atoms with Gasteiger partial charge in [-0.05, 0) is 50.8 Å². The van der Waals surface area contributed by atoms with Crippen molar-refractivity contribution in [1.29, 1.82) is 0 Å². The van der Waals surface area contributed by atoms with Crippen molar-refractivity contribution in [3.8, 4) is 11.5 Å². The summed E-state index contributed by atoms with van der Waals surface area (Å²) in [5.41, 5.74) is 2.23. The number of benzene rings is 1. The van der Waals surface area contributed by atoms with Crippen LogP contribution in [-0.4, -0.2) is 36.1 Å². The van der Waals surface area contributed by atoms with Gasteiger partial charge < -0.3 is 14.5 Å². The summed E-state index contributed by atoms with van der Waals surface area (Å²) >= 11 is 1.69. The molecule has 4 rings (SSSR count). The highest BCUT2D eigenvalue weighted by Crippen LogP contribution is 2.36. The predicted molar refractivity (Wildman–Crippen MR) is 121 cm³/mol. The first kappa shape index (κ1) is 20.9.